The average molecular weight is 841 g/mol. The lowest BCUT2D eigenvalue weighted by molar-refractivity contribution is -0.137. The third-order valence-electron chi connectivity index (χ3n) is 11.6. The number of ether oxygens (including phenoxy) is 1. The number of rotatable bonds is 12. The van der Waals surface area contributed by atoms with Crippen LogP contribution in [-0.2, 0) is 20.9 Å². The maximum absolute atomic E-state index is 13.8. The third kappa shape index (κ3) is 7.72. The highest BCUT2D eigenvalue weighted by Gasteiger charge is 2.41. The Morgan fingerprint density at radius 3 is 2.34 bits per heavy atom. The monoisotopic (exact) mass is 840 g/mol. The van der Waals surface area contributed by atoms with Crippen molar-refractivity contribution in [3.05, 3.63) is 112 Å². The molecule has 8 rings (SSSR count). The number of nitroso groups, excluding NO2 is 1. The summed E-state index contributed by atoms with van der Waals surface area (Å²) in [4.78, 5) is 79.9. The first-order chi connectivity index (χ1) is 29.9. The van der Waals surface area contributed by atoms with Gasteiger partial charge in [-0.25, -0.2) is 0 Å². The Morgan fingerprint density at radius 2 is 1.66 bits per heavy atom. The second-order valence-corrected chi connectivity index (χ2v) is 15.8. The van der Waals surface area contributed by atoms with Crippen molar-refractivity contribution < 1.29 is 38.9 Å². The summed E-state index contributed by atoms with van der Waals surface area (Å²) in [5, 5.41) is 38.4. The van der Waals surface area contributed by atoms with Gasteiger partial charge in [0.2, 0.25) is 17.7 Å². The highest BCUT2D eigenvalue weighted by Crippen LogP contribution is 2.40. The Labute approximate surface area is 355 Å². The zero-order valence-corrected chi connectivity index (χ0v) is 34.2. The number of piperidine rings is 1. The van der Waals surface area contributed by atoms with Crippen LogP contribution in [0.1, 0.15) is 103 Å². The van der Waals surface area contributed by atoms with E-state index < -0.39 is 29.9 Å². The normalized spacial score (nSPS) is 17.8. The first-order valence-electron chi connectivity index (χ1n) is 20.5. The molecule has 17 nitrogen and oxygen atoms in total. The number of phenols is 2. The summed E-state index contributed by atoms with van der Waals surface area (Å²) in [6, 6.07) is 19.0. The molecule has 3 aliphatic rings. The molecule has 0 aliphatic carbocycles. The van der Waals surface area contributed by atoms with E-state index in [4.69, 9.17) is 4.74 Å². The quantitative estimate of drug-likeness (QED) is 0.0785. The number of carbonyl (C=O) groups is 5. The first-order valence-corrected chi connectivity index (χ1v) is 20.5. The van der Waals surface area contributed by atoms with E-state index in [0.29, 0.717) is 76.5 Å². The van der Waals surface area contributed by atoms with E-state index in [0.717, 1.165) is 0 Å². The summed E-state index contributed by atoms with van der Waals surface area (Å²) in [5.41, 5.74) is 3.21. The van der Waals surface area contributed by atoms with E-state index in [1.165, 1.54) is 15.9 Å². The highest BCUT2D eigenvalue weighted by molar-refractivity contribution is 6.07. The summed E-state index contributed by atoms with van der Waals surface area (Å²) in [6.45, 7) is 6.10. The SMILES string of the molecule is CCC(N=O)c1nnc(-c2cc(C(C)C)c(O)cc2O)n1-c1ccc(Oc2ccc(C(=O)N3CCC[C@H]3C(=O)Nc3cccc4c3CN(C3CCC(=O)NC3=O)C4=O)cc2)cc1. The van der Waals surface area contributed by atoms with Gasteiger partial charge in [0, 0.05) is 53.6 Å². The van der Waals surface area contributed by atoms with Crippen molar-refractivity contribution in [2.75, 3.05) is 11.9 Å². The van der Waals surface area contributed by atoms with Crippen LogP contribution in [-0.4, -0.2) is 82.9 Å². The van der Waals surface area contributed by atoms with E-state index in [1.54, 1.807) is 84.3 Å². The molecule has 2 fully saturated rings. The van der Waals surface area contributed by atoms with Gasteiger partial charge in [0.25, 0.3) is 11.8 Å². The van der Waals surface area contributed by atoms with Gasteiger partial charge >= 0.3 is 0 Å². The van der Waals surface area contributed by atoms with Crippen molar-refractivity contribution in [1.29, 1.82) is 0 Å². The van der Waals surface area contributed by atoms with E-state index in [-0.39, 0.29) is 66.2 Å². The molecule has 1 aromatic heterocycles. The van der Waals surface area contributed by atoms with Crippen LogP contribution in [0.5, 0.6) is 23.0 Å². The smallest absolute Gasteiger partial charge is 0.255 e. The number of amides is 5. The van der Waals surface area contributed by atoms with Gasteiger partial charge in [-0.1, -0.05) is 32.0 Å². The number of aromatic hydroxyl groups is 2. The number of benzene rings is 4. The van der Waals surface area contributed by atoms with Crippen molar-refractivity contribution in [1.82, 2.24) is 29.9 Å². The Hall–Kier alpha value is -7.43. The number of hydrogen-bond acceptors (Lipinski definition) is 12. The summed E-state index contributed by atoms with van der Waals surface area (Å²) in [6.07, 6.45) is 1.77. The van der Waals surface area contributed by atoms with Crippen LogP contribution in [0.2, 0.25) is 0 Å². The lowest BCUT2D eigenvalue weighted by atomic mass is 9.98. The van der Waals surface area contributed by atoms with Gasteiger partial charge in [-0.3, -0.25) is 33.9 Å². The zero-order valence-electron chi connectivity index (χ0n) is 34.2. The third-order valence-corrected chi connectivity index (χ3v) is 11.6. The van der Waals surface area contributed by atoms with E-state index in [9.17, 15) is 39.1 Å². The maximum Gasteiger partial charge on any atom is 0.255 e. The number of aromatic nitrogens is 3. The molecule has 5 amide bonds. The molecule has 2 unspecified atom stereocenters. The van der Waals surface area contributed by atoms with Crippen molar-refractivity contribution in [2.45, 2.75) is 83.5 Å². The van der Waals surface area contributed by atoms with Gasteiger partial charge in [0.1, 0.15) is 35.1 Å². The molecule has 0 spiro atoms. The highest BCUT2D eigenvalue weighted by atomic mass is 16.5. The minimum atomic E-state index is -0.820. The van der Waals surface area contributed by atoms with Gasteiger partial charge < -0.3 is 30.1 Å². The van der Waals surface area contributed by atoms with Gasteiger partial charge in [0.15, 0.2) is 17.7 Å². The maximum atomic E-state index is 13.8. The molecule has 0 saturated carbocycles. The number of likely N-dealkylation sites (tertiary alicyclic amines) is 1. The second kappa shape index (κ2) is 16.9. The van der Waals surface area contributed by atoms with Crippen LogP contribution in [0, 0.1) is 4.91 Å². The predicted molar refractivity (Wildman–Crippen MR) is 225 cm³/mol. The van der Waals surface area contributed by atoms with Crippen LogP contribution in [0.3, 0.4) is 0 Å². The molecule has 62 heavy (non-hydrogen) atoms. The Morgan fingerprint density at radius 1 is 0.935 bits per heavy atom. The summed E-state index contributed by atoms with van der Waals surface area (Å²) < 4.78 is 7.76. The van der Waals surface area contributed by atoms with Gasteiger partial charge in [0.05, 0.1) is 5.56 Å². The summed E-state index contributed by atoms with van der Waals surface area (Å²) in [7, 11) is 0. The minimum Gasteiger partial charge on any atom is -0.508 e. The first kappa shape index (κ1) is 41.3. The Kier molecular flexibility index (Phi) is 11.3. The largest absolute Gasteiger partial charge is 0.508 e. The molecular formula is C45H44N8O9. The number of phenolic OH excluding ortho intramolecular Hbond substituents is 2. The molecule has 4 aromatic carbocycles. The van der Waals surface area contributed by atoms with Crippen LogP contribution in [0.25, 0.3) is 17.1 Å². The van der Waals surface area contributed by atoms with Crippen LogP contribution in [0.4, 0.5) is 5.69 Å². The Bertz CT molecular complexity index is 2610. The molecule has 0 bridgehead atoms. The fraction of sp³-hybridized carbons (Fsp3) is 0.311. The number of nitrogens with one attached hydrogen (secondary N) is 2. The molecular weight excluding hydrogens is 797 g/mol. The predicted octanol–water partition coefficient (Wildman–Crippen LogP) is 6.48. The molecule has 318 valence electrons. The second-order valence-electron chi connectivity index (χ2n) is 15.8. The fourth-order valence-corrected chi connectivity index (χ4v) is 8.31. The molecule has 0 radical (unpaired) electrons. The molecule has 2 saturated heterocycles. The lowest BCUT2D eigenvalue weighted by Gasteiger charge is -2.29. The van der Waals surface area contributed by atoms with E-state index >= 15 is 0 Å². The van der Waals surface area contributed by atoms with Crippen LogP contribution >= 0.6 is 0 Å². The van der Waals surface area contributed by atoms with Crippen molar-refractivity contribution in [2.24, 2.45) is 5.18 Å². The zero-order chi connectivity index (χ0) is 43.8. The van der Waals surface area contributed by atoms with E-state index in [2.05, 4.69) is 26.0 Å². The van der Waals surface area contributed by atoms with Gasteiger partial charge in [-0.05, 0) is 104 Å². The van der Waals surface area contributed by atoms with Crippen molar-refractivity contribution in [3.63, 3.8) is 0 Å². The summed E-state index contributed by atoms with van der Waals surface area (Å²) >= 11 is 0. The average Bonchev–Trinajstić information content (AvgIpc) is 4.00. The van der Waals surface area contributed by atoms with Crippen molar-refractivity contribution >= 4 is 35.2 Å². The number of hydrogen-bond donors (Lipinski definition) is 4. The molecule has 17 heteroatoms. The van der Waals surface area contributed by atoms with Crippen LogP contribution < -0.4 is 15.4 Å². The number of nitrogens with zero attached hydrogens (tertiary/aromatic N) is 6. The number of fused-ring (bicyclic) bond motifs is 1. The number of anilines is 1. The van der Waals surface area contributed by atoms with Crippen LogP contribution in [0.15, 0.2) is 84.0 Å². The number of imide groups is 1. The molecule has 4 heterocycles. The lowest BCUT2D eigenvalue weighted by Crippen LogP contribution is -2.52. The molecule has 3 atom stereocenters. The number of carbonyl (C=O) groups excluding carboxylic acids is 5. The Balaban J connectivity index is 0.950. The molecule has 3 aliphatic heterocycles. The van der Waals surface area contributed by atoms with Crippen molar-refractivity contribution in [3.8, 4) is 40.1 Å². The molecule has 4 N–H and O–H groups in total. The topological polar surface area (TPSA) is 226 Å². The fourth-order valence-electron chi connectivity index (χ4n) is 8.31. The minimum absolute atomic E-state index is 0.0501. The van der Waals surface area contributed by atoms with E-state index in [1.807, 2.05) is 13.8 Å². The van der Waals surface area contributed by atoms with Gasteiger partial charge in [-0.15, -0.1) is 10.2 Å². The standard InChI is InChI=1S/C45H44N8O9/c1-4-33(50-61)41-49-48-40(31-21-30(24(2)3)37(54)22-38(31)55)53(41)26-12-16-28(17-13-26)62-27-14-10-25(11-15-27)44(59)51-20-6-9-35(51)42(57)46-34-8-5-7-29-32(34)23-52(45(29)60)36-18-19-39(56)47-43(36)58/h5,7-8,10-17,21-22,24,33,35-36,54-55H,4,6,9,18-20,23H2,1-3H3,(H,46,57)(H,47,56,58)/t33?,35-,36?/m0/s1. The van der Waals surface area contributed by atoms with Gasteiger partial charge in [-0.2, -0.15) is 4.91 Å². The summed E-state index contributed by atoms with van der Waals surface area (Å²) in [5.74, 6) is -0.842. The molecule has 5 aromatic rings.